The Labute approximate surface area is 138 Å². The highest BCUT2D eigenvalue weighted by atomic mass is 19.4. The van der Waals surface area contributed by atoms with Crippen molar-refractivity contribution in [3.8, 4) is 0 Å². The van der Waals surface area contributed by atoms with Crippen LogP contribution in [-0.2, 0) is 4.74 Å². The van der Waals surface area contributed by atoms with Gasteiger partial charge in [-0.15, -0.1) is 0 Å². The molecule has 0 unspecified atom stereocenters. The van der Waals surface area contributed by atoms with Crippen molar-refractivity contribution in [1.82, 2.24) is 5.32 Å². The minimum atomic E-state index is -4.87. The lowest BCUT2D eigenvalue weighted by Crippen LogP contribution is -2.32. The van der Waals surface area contributed by atoms with Crippen molar-refractivity contribution in [2.24, 2.45) is 0 Å². The number of rotatable bonds is 5. The van der Waals surface area contributed by atoms with Gasteiger partial charge in [-0.2, -0.15) is 13.2 Å². The Morgan fingerprint density at radius 1 is 1.12 bits per heavy atom. The Kier molecular flexibility index (Phi) is 6.57. The summed E-state index contributed by atoms with van der Waals surface area (Å²) in [5, 5.41) is 2.58. The molecule has 0 saturated heterocycles. The first-order valence-electron chi connectivity index (χ1n) is 7.34. The lowest BCUT2D eigenvalue weighted by atomic mass is 10.1. The highest BCUT2D eigenvalue weighted by Crippen LogP contribution is 2.21. The third-order valence-corrected chi connectivity index (χ3v) is 2.72. The molecule has 0 saturated carbocycles. The summed E-state index contributed by atoms with van der Waals surface area (Å²) in [6, 6.07) is 5.12. The molecule has 1 aromatic rings. The second-order valence-electron chi connectivity index (χ2n) is 6.07. The van der Waals surface area contributed by atoms with Crippen molar-refractivity contribution in [3.05, 3.63) is 41.5 Å². The summed E-state index contributed by atoms with van der Waals surface area (Å²) < 4.78 is 41.9. The average Bonchev–Trinajstić information content (AvgIpc) is 2.44. The summed E-state index contributed by atoms with van der Waals surface area (Å²) in [4.78, 5) is 22.4. The number of hydrogen-bond donors (Lipinski definition) is 1. The summed E-state index contributed by atoms with van der Waals surface area (Å²) in [6.07, 6.45) is -1.39. The molecule has 0 spiro atoms. The van der Waals surface area contributed by atoms with E-state index < -0.39 is 29.2 Å². The number of ketones is 1. The van der Waals surface area contributed by atoms with Gasteiger partial charge in [0.15, 0.2) is 0 Å². The van der Waals surface area contributed by atoms with E-state index in [0.29, 0.717) is 18.5 Å². The number of amides is 1. The average molecular weight is 343 g/mol. The monoisotopic (exact) mass is 343 g/mol. The van der Waals surface area contributed by atoms with E-state index in [-0.39, 0.29) is 0 Å². The number of carbonyl (C=O) groups is 2. The smallest absolute Gasteiger partial charge is 0.444 e. The van der Waals surface area contributed by atoms with Crippen molar-refractivity contribution in [3.63, 3.8) is 0 Å². The standard InChI is InChI=1S/C17H20F3NO3/c1-16(2,3)24-15(23)21-11-5-4-6-12-7-9-13(10-8-12)14(22)17(18,19)20/h4,6-10H,5,11H2,1-3H3,(H,21,23). The third-order valence-electron chi connectivity index (χ3n) is 2.72. The van der Waals surface area contributed by atoms with Crippen LogP contribution in [0.3, 0.4) is 0 Å². The van der Waals surface area contributed by atoms with Gasteiger partial charge in [0.2, 0.25) is 0 Å². The fourth-order valence-electron chi connectivity index (χ4n) is 1.70. The zero-order chi connectivity index (χ0) is 18.4. The molecule has 0 radical (unpaired) electrons. The van der Waals surface area contributed by atoms with Gasteiger partial charge in [0.25, 0.3) is 5.78 Å². The molecule has 0 heterocycles. The lowest BCUT2D eigenvalue weighted by molar-refractivity contribution is -0.0885. The molecule has 1 aromatic carbocycles. The van der Waals surface area contributed by atoms with E-state index in [0.717, 1.165) is 12.1 Å². The highest BCUT2D eigenvalue weighted by molar-refractivity contribution is 6.00. The maximum absolute atomic E-state index is 12.3. The SMILES string of the molecule is CC(C)(C)OC(=O)NCCC=Cc1ccc(C(=O)C(F)(F)F)cc1. The number of ether oxygens (including phenoxy) is 1. The molecule has 1 rings (SSSR count). The Balaban J connectivity index is 2.43. The van der Waals surface area contributed by atoms with Gasteiger partial charge >= 0.3 is 12.3 Å². The maximum Gasteiger partial charge on any atom is 0.454 e. The molecule has 132 valence electrons. The van der Waals surface area contributed by atoms with Gasteiger partial charge in [-0.3, -0.25) is 4.79 Å². The maximum atomic E-state index is 12.3. The number of benzene rings is 1. The van der Waals surface area contributed by atoms with E-state index in [4.69, 9.17) is 4.74 Å². The number of hydrogen-bond acceptors (Lipinski definition) is 3. The van der Waals surface area contributed by atoms with E-state index in [2.05, 4.69) is 5.32 Å². The number of nitrogens with one attached hydrogen (secondary N) is 1. The van der Waals surface area contributed by atoms with E-state index in [9.17, 15) is 22.8 Å². The first-order chi connectivity index (χ1) is 11.0. The number of carbonyl (C=O) groups excluding carboxylic acids is 2. The summed E-state index contributed by atoms with van der Waals surface area (Å²) in [5.41, 5.74) is -0.299. The first kappa shape index (κ1) is 19.7. The van der Waals surface area contributed by atoms with Crippen LogP contribution < -0.4 is 5.32 Å². The Hall–Kier alpha value is -2.31. The number of Topliss-reactive ketones (excluding diaryl/α,β-unsaturated/α-hetero) is 1. The largest absolute Gasteiger partial charge is 0.454 e. The van der Waals surface area contributed by atoms with Crippen LogP contribution in [0.4, 0.5) is 18.0 Å². The molecule has 0 aliphatic rings. The van der Waals surface area contributed by atoms with E-state index >= 15 is 0 Å². The Morgan fingerprint density at radius 2 is 1.71 bits per heavy atom. The van der Waals surface area contributed by atoms with Crippen LogP contribution in [0.25, 0.3) is 6.08 Å². The third kappa shape index (κ3) is 7.30. The molecular weight excluding hydrogens is 323 g/mol. The fourth-order valence-corrected chi connectivity index (χ4v) is 1.70. The van der Waals surface area contributed by atoms with Crippen molar-refractivity contribution in [2.45, 2.75) is 39.0 Å². The molecule has 1 N–H and O–H groups in total. The van der Waals surface area contributed by atoms with Crippen molar-refractivity contribution in [2.75, 3.05) is 6.54 Å². The molecule has 0 bridgehead atoms. The minimum absolute atomic E-state index is 0.371. The summed E-state index contributed by atoms with van der Waals surface area (Å²) in [6.45, 7) is 5.66. The lowest BCUT2D eigenvalue weighted by Gasteiger charge is -2.19. The molecule has 0 aliphatic carbocycles. The van der Waals surface area contributed by atoms with E-state index in [1.54, 1.807) is 32.9 Å². The first-order valence-corrected chi connectivity index (χ1v) is 7.34. The molecule has 7 heteroatoms. The molecular formula is C17H20F3NO3. The molecule has 4 nitrogen and oxygen atoms in total. The quantitative estimate of drug-likeness (QED) is 0.638. The zero-order valence-electron chi connectivity index (χ0n) is 13.7. The van der Waals surface area contributed by atoms with Crippen LogP contribution in [0, 0.1) is 0 Å². The topological polar surface area (TPSA) is 55.4 Å². The zero-order valence-corrected chi connectivity index (χ0v) is 13.7. The van der Waals surface area contributed by atoms with Crippen LogP contribution in [0.2, 0.25) is 0 Å². The minimum Gasteiger partial charge on any atom is -0.444 e. The predicted octanol–water partition coefficient (Wildman–Crippen LogP) is 4.36. The summed E-state index contributed by atoms with van der Waals surface area (Å²) >= 11 is 0. The molecule has 24 heavy (non-hydrogen) atoms. The number of alkyl carbamates (subject to hydrolysis) is 1. The van der Waals surface area contributed by atoms with Crippen LogP contribution in [-0.4, -0.2) is 30.2 Å². The summed E-state index contributed by atoms with van der Waals surface area (Å²) in [7, 11) is 0. The second-order valence-corrected chi connectivity index (χ2v) is 6.07. The Morgan fingerprint density at radius 3 is 2.21 bits per heavy atom. The molecule has 0 aromatic heterocycles. The molecule has 1 amide bonds. The van der Waals surface area contributed by atoms with Gasteiger partial charge in [0.1, 0.15) is 5.60 Å². The summed E-state index contributed by atoms with van der Waals surface area (Å²) in [5.74, 6) is -1.86. The second kappa shape index (κ2) is 7.99. The van der Waals surface area contributed by atoms with Crippen LogP contribution >= 0.6 is 0 Å². The normalized spacial score (nSPS) is 12.2. The van der Waals surface area contributed by atoms with Gasteiger partial charge in [0, 0.05) is 12.1 Å². The van der Waals surface area contributed by atoms with Crippen LogP contribution in [0.15, 0.2) is 30.3 Å². The number of alkyl halides is 3. The number of halogens is 3. The van der Waals surface area contributed by atoms with Crippen molar-refractivity contribution >= 4 is 18.0 Å². The van der Waals surface area contributed by atoms with Crippen LogP contribution in [0.1, 0.15) is 43.1 Å². The van der Waals surface area contributed by atoms with Gasteiger partial charge in [0.05, 0.1) is 0 Å². The molecule has 0 atom stereocenters. The van der Waals surface area contributed by atoms with E-state index in [1.807, 2.05) is 0 Å². The van der Waals surface area contributed by atoms with Crippen molar-refractivity contribution in [1.29, 1.82) is 0 Å². The molecule has 0 fully saturated rings. The van der Waals surface area contributed by atoms with Gasteiger partial charge in [-0.05, 0) is 32.8 Å². The van der Waals surface area contributed by atoms with Gasteiger partial charge in [-0.25, -0.2) is 4.79 Å². The van der Waals surface area contributed by atoms with E-state index in [1.165, 1.54) is 12.1 Å². The van der Waals surface area contributed by atoms with Gasteiger partial charge < -0.3 is 10.1 Å². The Bertz CT molecular complexity index is 599. The van der Waals surface area contributed by atoms with Gasteiger partial charge in [-0.1, -0.05) is 36.4 Å². The van der Waals surface area contributed by atoms with Crippen molar-refractivity contribution < 1.29 is 27.5 Å². The predicted molar refractivity (Wildman–Crippen MR) is 84.7 cm³/mol. The molecule has 0 aliphatic heterocycles. The highest BCUT2D eigenvalue weighted by Gasteiger charge is 2.39. The van der Waals surface area contributed by atoms with Crippen LogP contribution in [0.5, 0.6) is 0 Å². The fraction of sp³-hybridized carbons (Fsp3) is 0.412.